The summed E-state index contributed by atoms with van der Waals surface area (Å²) in [6.45, 7) is 0.905. The molecule has 5 nitrogen and oxygen atoms in total. The minimum absolute atomic E-state index is 0.0635. The van der Waals surface area contributed by atoms with Crippen LogP contribution in [0.25, 0.3) is 21.8 Å². The Hall–Kier alpha value is -3.10. The lowest BCUT2D eigenvalue weighted by Crippen LogP contribution is -2.31. The third kappa shape index (κ3) is 4.60. The fourth-order valence-electron chi connectivity index (χ4n) is 4.36. The van der Waals surface area contributed by atoms with Crippen LogP contribution in [0.1, 0.15) is 17.4 Å². The van der Waals surface area contributed by atoms with Crippen molar-refractivity contribution >= 4 is 56.8 Å². The third-order valence-electron chi connectivity index (χ3n) is 6.04. The van der Waals surface area contributed by atoms with E-state index in [4.69, 9.17) is 21.3 Å². The smallest absolute Gasteiger partial charge is 0.233 e. The quantitative estimate of drug-likeness (QED) is 0.229. The molecule has 0 saturated carbocycles. The van der Waals surface area contributed by atoms with Gasteiger partial charge in [-0.15, -0.1) is 11.8 Å². The number of pyridine rings is 1. The number of fused-ring (bicyclic) bond motifs is 2. The Kier molecular flexibility index (Phi) is 6.67. The zero-order valence-corrected chi connectivity index (χ0v) is 20.4. The highest BCUT2D eigenvalue weighted by Crippen LogP contribution is 2.41. The molecule has 9 heteroatoms. The molecule has 180 valence electrons. The molecule has 0 bridgehead atoms. The number of carbonyl (C=O) groups excluding carboxylic acids is 1. The number of nitrogens with one attached hydrogen (secondary N) is 1. The fraction of sp³-hybridized carbons (Fsp3) is 0.231. The van der Waals surface area contributed by atoms with Crippen molar-refractivity contribution in [1.82, 2.24) is 9.88 Å². The van der Waals surface area contributed by atoms with Crippen molar-refractivity contribution in [1.29, 1.82) is 0 Å². The molecule has 1 atom stereocenters. The molecule has 1 saturated heterocycles. The number of thioether (sulfide) groups is 1. The first-order valence-corrected chi connectivity index (χ1v) is 12.5. The van der Waals surface area contributed by atoms with Crippen molar-refractivity contribution in [3.8, 4) is 5.75 Å². The van der Waals surface area contributed by atoms with Crippen LogP contribution in [0.3, 0.4) is 0 Å². The lowest BCUT2D eigenvalue weighted by atomic mass is 10.1. The van der Waals surface area contributed by atoms with E-state index in [1.54, 1.807) is 12.0 Å². The number of hydrogen-bond donors (Lipinski definition) is 1. The molecule has 5 rings (SSSR count). The molecule has 1 unspecified atom stereocenters. The van der Waals surface area contributed by atoms with Gasteiger partial charge in [0.05, 0.1) is 35.1 Å². The van der Waals surface area contributed by atoms with Gasteiger partial charge in [0.25, 0.3) is 0 Å². The number of rotatable bonds is 7. The molecule has 1 amide bonds. The van der Waals surface area contributed by atoms with Crippen LogP contribution in [0.2, 0.25) is 5.02 Å². The predicted octanol–water partition coefficient (Wildman–Crippen LogP) is 6.40. The van der Waals surface area contributed by atoms with E-state index in [1.165, 1.54) is 30.0 Å². The average Bonchev–Trinajstić information content (AvgIpc) is 3.20. The van der Waals surface area contributed by atoms with Crippen LogP contribution in [0, 0.1) is 11.6 Å². The lowest BCUT2D eigenvalue weighted by Gasteiger charge is -2.25. The van der Waals surface area contributed by atoms with Gasteiger partial charge in [0.2, 0.25) is 5.91 Å². The van der Waals surface area contributed by atoms with E-state index < -0.39 is 17.0 Å². The molecule has 4 aromatic rings. The number of amides is 1. The molecule has 1 N–H and O–H groups in total. The van der Waals surface area contributed by atoms with Gasteiger partial charge in [-0.1, -0.05) is 17.7 Å². The Morgan fingerprint density at radius 1 is 1.11 bits per heavy atom. The first kappa shape index (κ1) is 23.6. The number of hydrogen-bond acceptors (Lipinski definition) is 5. The Balaban J connectivity index is 1.38. The number of nitrogens with zero attached hydrogens (tertiary/aromatic N) is 2. The van der Waals surface area contributed by atoms with Crippen molar-refractivity contribution < 1.29 is 18.3 Å². The predicted molar refractivity (Wildman–Crippen MR) is 137 cm³/mol. The maximum atomic E-state index is 14.4. The summed E-state index contributed by atoms with van der Waals surface area (Å²) in [5.74, 6) is -0.483. The van der Waals surface area contributed by atoms with Gasteiger partial charge in [-0.25, -0.2) is 13.8 Å². The number of anilines is 1. The highest BCUT2D eigenvalue weighted by molar-refractivity contribution is 8.00. The SMILES string of the molecule is COc1ccc2nc3cc(Cl)ccc3c(NCCCN3C(=O)CSC3c3c(F)cccc3F)c2c1. The highest BCUT2D eigenvalue weighted by Gasteiger charge is 2.35. The summed E-state index contributed by atoms with van der Waals surface area (Å²) in [7, 11) is 1.61. The zero-order valence-electron chi connectivity index (χ0n) is 18.9. The minimum Gasteiger partial charge on any atom is -0.497 e. The molecule has 0 radical (unpaired) electrons. The third-order valence-corrected chi connectivity index (χ3v) is 7.49. The molecule has 3 aromatic carbocycles. The molecule has 35 heavy (non-hydrogen) atoms. The van der Waals surface area contributed by atoms with Crippen molar-refractivity contribution in [3.63, 3.8) is 0 Å². The normalized spacial score (nSPS) is 15.8. The second-order valence-corrected chi connectivity index (χ2v) is 9.70. The number of methoxy groups -OCH3 is 1. The summed E-state index contributed by atoms with van der Waals surface area (Å²) in [5, 5.41) is 5.23. The molecular weight excluding hydrogens is 492 g/mol. The van der Waals surface area contributed by atoms with Gasteiger partial charge in [-0.3, -0.25) is 4.79 Å². The van der Waals surface area contributed by atoms with E-state index in [1.807, 2.05) is 36.4 Å². The van der Waals surface area contributed by atoms with Crippen LogP contribution in [0.5, 0.6) is 5.75 Å². The van der Waals surface area contributed by atoms with Gasteiger partial charge in [0, 0.05) is 28.9 Å². The van der Waals surface area contributed by atoms with Gasteiger partial charge >= 0.3 is 0 Å². The topological polar surface area (TPSA) is 54.5 Å². The van der Waals surface area contributed by atoms with E-state index in [2.05, 4.69) is 5.32 Å². The standard InChI is InChI=1S/C26H22ClF2N3O2S/c1-34-16-7-9-21-18(13-16)25(17-8-6-15(27)12-22(17)31-21)30-10-3-11-32-23(33)14-35-26(32)24-19(28)4-2-5-20(24)29/h2,4-9,12-13,26H,3,10-11,14H2,1H3,(H,30,31). The second kappa shape index (κ2) is 9.87. The summed E-state index contributed by atoms with van der Waals surface area (Å²) < 4.78 is 34.1. The van der Waals surface area contributed by atoms with Crippen molar-refractivity contribution in [2.24, 2.45) is 0 Å². The van der Waals surface area contributed by atoms with E-state index in [0.29, 0.717) is 30.3 Å². The number of ether oxygens (including phenoxy) is 1. The molecule has 1 aliphatic heterocycles. The second-order valence-electron chi connectivity index (χ2n) is 8.20. The van der Waals surface area contributed by atoms with Gasteiger partial charge < -0.3 is 15.0 Å². The summed E-state index contributed by atoms with van der Waals surface area (Å²) >= 11 is 7.44. The van der Waals surface area contributed by atoms with Crippen LogP contribution < -0.4 is 10.1 Å². The van der Waals surface area contributed by atoms with Crippen LogP contribution in [-0.2, 0) is 4.79 Å². The first-order valence-electron chi connectivity index (χ1n) is 11.1. The first-order chi connectivity index (χ1) is 17.0. The monoisotopic (exact) mass is 513 g/mol. The minimum atomic E-state index is -0.669. The highest BCUT2D eigenvalue weighted by atomic mass is 35.5. The summed E-state index contributed by atoms with van der Waals surface area (Å²) in [6, 6.07) is 15.0. The van der Waals surface area contributed by atoms with Crippen molar-refractivity contribution in [2.75, 3.05) is 31.3 Å². The van der Waals surface area contributed by atoms with E-state index in [0.717, 1.165) is 27.5 Å². The Labute approximate surface area is 210 Å². The van der Waals surface area contributed by atoms with Gasteiger partial charge in [-0.05, 0) is 55.0 Å². The summed E-state index contributed by atoms with van der Waals surface area (Å²) in [4.78, 5) is 18.8. The van der Waals surface area contributed by atoms with Gasteiger partial charge in [0.15, 0.2) is 0 Å². The maximum Gasteiger partial charge on any atom is 0.233 e. The summed E-state index contributed by atoms with van der Waals surface area (Å²) in [5.41, 5.74) is 2.38. The molecule has 0 spiro atoms. The van der Waals surface area contributed by atoms with E-state index in [-0.39, 0.29) is 17.2 Å². The molecule has 1 aliphatic rings. The summed E-state index contributed by atoms with van der Waals surface area (Å²) in [6.07, 6.45) is 0.585. The molecule has 1 fully saturated rings. The van der Waals surface area contributed by atoms with E-state index >= 15 is 0 Å². The van der Waals surface area contributed by atoms with Crippen molar-refractivity contribution in [2.45, 2.75) is 11.8 Å². The number of carbonyl (C=O) groups is 1. The van der Waals surface area contributed by atoms with E-state index in [9.17, 15) is 13.6 Å². The average molecular weight is 514 g/mol. The van der Waals surface area contributed by atoms with Crippen LogP contribution in [0.4, 0.5) is 14.5 Å². The van der Waals surface area contributed by atoms with Gasteiger partial charge in [0.1, 0.15) is 22.8 Å². The van der Waals surface area contributed by atoms with Crippen molar-refractivity contribution in [3.05, 3.63) is 76.8 Å². The number of halogens is 3. The zero-order chi connectivity index (χ0) is 24.5. The largest absolute Gasteiger partial charge is 0.497 e. The van der Waals surface area contributed by atoms with Crippen LogP contribution in [-0.4, -0.2) is 41.7 Å². The Bertz CT molecular complexity index is 1410. The molecule has 1 aromatic heterocycles. The Morgan fingerprint density at radius 3 is 2.69 bits per heavy atom. The van der Waals surface area contributed by atoms with Crippen LogP contribution in [0.15, 0.2) is 54.6 Å². The molecule has 2 heterocycles. The van der Waals surface area contributed by atoms with Crippen LogP contribution >= 0.6 is 23.4 Å². The Morgan fingerprint density at radius 2 is 1.91 bits per heavy atom. The fourth-order valence-corrected chi connectivity index (χ4v) is 5.79. The van der Waals surface area contributed by atoms with Gasteiger partial charge in [-0.2, -0.15) is 0 Å². The molecular formula is C26H22ClF2N3O2S. The lowest BCUT2D eigenvalue weighted by molar-refractivity contribution is -0.128. The number of benzene rings is 3. The number of aromatic nitrogens is 1. The maximum absolute atomic E-state index is 14.4. The molecule has 0 aliphatic carbocycles.